The molecule has 0 radical (unpaired) electrons. The minimum atomic E-state index is 0. The van der Waals surface area contributed by atoms with E-state index in [1.807, 2.05) is 48.3 Å². The molecule has 1 aliphatic heterocycles. The Hall–Kier alpha value is -2.04. The third-order valence-electron chi connectivity index (χ3n) is 4.93. The lowest BCUT2D eigenvalue weighted by atomic mass is 9.98. The second kappa shape index (κ2) is 11.0. The van der Waals surface area contributed by atoms with Crippen LogP contribution in [0.3, 0.4) is 0 Å². The average Bonchev–Trinajstić information content (AvgIpc) is 2.68. The third kappa shape index (κ3) is 6.26. The molecule has 0 aromatic heterocycles. The maximum Gasteiger partial charge on any atom is 0.260 e. The van der Waals surface area contributed by atoms with Gasteiger partial charge in [-0.2, -0.15) is 0 Å². The van der Waals surface area contributed by atoms with Gasteiger partial charge in [0.05, 0.1) is 0 Å². The Morgan fingerprint density at radius 3 is 2.67 bits per heavy atom. The summed E-state index contributed by atoms with van der Waals surface area (Å²) < 4.78 is 5.91. The molecule has 0 bridgehead atoms. The van der Waals surface area contributed by atoms with E-state index in [-0.39, 0.29) is 24.9 Å². The SMILES string of the molecule is CNCC1CCCN(C(=O)COc2ccccc2Cc2ccccc2)C1.Cl. The van der Waals surface area contributed by atoms with Crippen molar-refractivity contribution in [3.05, 3.63) is 65.7 Å². The maximum atomic E-state index is 12.6. The lowest BCUT2D eigenvalue weighted by Crippen LogP contribution is -2.44. The second-order valence-electron chi connectivity index (χ2n) is 6.96. The van der Waals surface area contributed by atoms with Gasteiger partial charge >= 0.3 is 0 Å². The van der Waals surface area contributed by atoms with Crippen LogP contribution in [0.1, 0.15) is 24.0 Å². The average molecular weight is 389 g/mol. The van der Waals surface area contributed by atoms with Crippen molar-refractivity contribution in [2.24, 2.45) is 5.92 Å². The van der Waals surface area contributed by atoms with Gasteiger partial charge in [-0.3, -0.25) is 4.79 Å². The minimum absolute atomic E-state index is 0. The number of carbonyl (C=O) groups is 1. The molecule has 5 heteroatoms. The quantitative estimate of drug-likeness (QED) is 0.788. The molecule has 0 saturated carbocycles. The maximum absolute atomic E-state index is 12.6. The first kappa shape index (κ1) is 21.3. The van der Waals surface area contributed by atoms with Gasteiger partial charge in [-0.1, -0.05) is 48.5 Å². The zero-order valence-electron chi connectivity index (χ0n) is 15.9. The number of ether oxygens (including phenoxy) is 1. The Kier molecular flexibility index (Phi) is 8.62. The van der Waals surface area contributed by atoms with Crippen LogP contribution in [0.15, 0.2) is 54.6 Å². The predicted molar refractivity (Wildman–Crippen MR) is 112 cm³/mol. The van der Waals surface area contributed by atoms with Crippen LogP contribution in [0.5, 0.6) is 5.75 Å². The molecule has 1 saturated heterocycles. The van der Waals surface area contributed by atoms with Crippen LogP contribution in [0.25, 0.3) is 0 Å². The van der Waals surface area contributed by atoms with Crippen LogP contribution in [-0.4, -0.2) is 44.1 Å². The Bertz CT molecular complexity index is 706. The Labute approximate surface area is 168 Å². The number of rotatable bonds is 7. The summed E-state index contributed by atoms with van der Waals surface area (Å²) >= 11 is 0. The number of carbonyl (C=O) groups excluding carboxylic acids is 1. The van der Waals surface area contributed by atoms with Gasteiger partial charge < -0.3 is 15.0 Å². The highest BCUT2D eigenvalue weighted by Crippen LogP contribution is 2.22. The van der Waals surface area contributed by atoms with Crippen molar-refractivity contribution < 1.29 is 9.53 Å². The number of halogens is 1. The predicted octanol–water partition coefficient (Wildman–Crippen LogP) is 3.54. The highest BCUT2D eigenvalue weighted by Gasteiger charge is 2.23. The van der Waals surface area contributed by atoms with Crippen molar-refractivity contribution in [1.82, 2.24) is 10.2 Å². The summed E-state index contributed by atoms with van der Waals surface area (Å²) in [5.41, 5.74) is 2.35. The van der Waals surface area contributed by atoms with Crippen LogP contribution < -0.4 is 10.1 Å². The van der Waals surface area contributed by atoms with E-state index >= 15 is 0 Å². The molecular formula is C22H29ClN2O2. The summed E-state index contributed by atoms with van der Waals surface area (Å²) in [5, 5.41) is 3.22. The Morgan fingerprint density at radius 1 is 1.15 bits per heavy atom. The molecule has 146 valence electrons. The van der Waals surface area contributed by atoms with Gasteiger partial charge in [-0.15, -0.1) is 12.4 Å². The van der Waals surface area contributed by atoms with E-state index in [4.69, 9.17) is 4.74 Å². The molecule has 1 amide bonds. The Morgan fingerprint density at radius 2 is 1.89 bits per heavy atom. The van der Waals surface area contributed by atoms with Crippen molar-refractivity contribution in [3.8, 4) is 5.75 Å². The lowest BCUT2D eigenvalue weighted by Gasteiger charge is -2.32. The van der Waals surface area contributed by atoms with E-state index in [1.54, 1.807) is 0 Å². The number of benzene rings is 2. The first-order chi connectivity index (χ1) is 12.8. The molecule has 2 aromatic rings. The van der Waals surface area contributed by atoms with E-state index in [0.717, 1.165) is 43.8 Å². The van der Waals surface area contributed by atoms with Gasteiger partial charge in [0.25, 0.3) is 5.91 Å². The number of piperidine rings is 1. The monoisotopic (exact) mass is 388 g/mol. The zero-order valence-corrected chi connectivity index (χ0v) is 16.7. The standard InChI is InChI=1S/C22H28N2O2.ClH/c1-23-15-19-10-7-13-24(16-19)22(25)17-26-21-12-6-5-11-20(21)14-18-8-3-2-4-9-18;/h2-6,8-9,11-12,19,23H,7,10,13-17H2,1H3;1H. The van der Waals surface area contributed by atoms with Gasteiger partial charge in [-0.05, 0) is 49.5 Å². The van der Waals surface area contributed by atoms with Crippen molar-refractivity contribution in [2.45, 2.75) is 19.3 Å². The van der Waals surface area contributed by atoms with E-state index in [1.165, 1.54) is 12.0 Å². The second-order valence-corrected chi connectivity index (χ2v) is 6.96. The highest BCUT2D eigenvalue weighted by atomic mass is 35.5. The molecule has 1 N–H and O–H groups in total. The smallest absolute Gasteiger partial charge is 0.260 e. The van der Waals surface area contributed by atoms with Crippen LogP contribution >= 0.6 is 12.4 Å². The first-order valence-electron chi connectivity index (χ1n) is 9.43. The van der Waals surface area contributed by atoms with Crippen molar-refractivity contribution in [2.75, 3.05) is 33.3 Å². The number of amides is 1. The van der Waals surface area contributed by atoms with Gasteiger partial charge in [-0.25, -0.2) is 0 Å². The normalized spacial score (nSPS) is 16.5. The molecule has 1 unspecified atom stereocenters. The van der Waals surface area contributed by atoms with Crippen molar-refractivity contribution in [3.63, 3.8) is 0 Å². The molecule has 1 heterocycles. The van der Waals surface area contributed by atoms with Gasteiger partial charge in [0.2, 0.25) is 0 Å². The topological polar surface area (TPSA) is 41.6 Å². The first-order valence-corrected chi connectivity index (χ1v) is 9.43. The Balaban J connectivity index is 0.00000261. The molecule has 0 spiro atoms. The fourth-order valence-corrected chi connectivity index (χ4v) is 3.58. The molecule has 27 heavy (non-hydrogen) atoms. The molecule has 1 fully saturated rings. The summed E-state index contributed by atoms with van der Waals surface area (Å²) in [6.07, 6.45) is 3.06. The summed E-state index contributed by atoms with van der Waals surface area (Å²) in [6, 6.07) is 18.3. The summed E-state index contributed by atoms with van der Waals surface area (Å²) in [5.74, 6) is 1.43. The fraction of sp³-hybridized carbons (Fsp3) is 0.409. The number of hydrogen-bond acceptors (Lipinski definition) is 3. The highest BCUT2D eigenvalue weighted by molar-refractivity contribution is 5.85. The van der Waals surface area contributed by atoms with Crippen LogP contribution in [0.2, 0.25) is 0 Å². The molecule has 0 aliphatic carbocycles. The zero-order chi connectivity index (χ0) is 18.2. The number of nitrogens with one attached hydrogen (secondary N) is 1. The van der Waals surface area contributed by atoms with Crippen LogP contribution in [0.4, 0.5) is 0 Å². The number of nitrogens with zero attached hydrogens (tertiary/aromatic N) is 1. The number of para-hydroxylation sites is 1. The van der Waals surface area contributed by atoms with Gasteiger partial charge in [0.15, 0.2) is 6.61 Å². The molecular weight excluding hydrogens is 360 g/mol. The summed E-state index contributed by atoms with van der Waals surface area (Å²) in [4.78, 5) is 14.5. The van der Waals surface area contributed by atoms with Gasteiger partial charge in [0.1, 0.15) is 5.75 Å². The molecule has 1 atom stereocenters. The van der Waals surface area contributed by atoms with Crippen molar-refractivity contribution >= 4 is 18.3 Å². The van der Waals surface area contributed by atoms with Crippen LogP contribution in [-0.2, 0) is 11.2 Å². The fourth-order valence-electron chi connectivity index (χ4n) is 3.58. The van der Waals surface area contributed by atoms with E-state index < -0.39 is 0 Å². The van der Waals surface area contributed by atoms with E-state index in [9.17, 15) is 4.79 Å². The van der Waals surface area contributed by atoms with Crippen LogP contribution in [0, 0.1) is 5.92 Å². The van der Waals surface area contributed by atoms with E-state index in [2.05, 4.69) is 23.5 Å². The van der Waals surface area contributed by atoms with Crippen molar-refractivity contribution in [1.29, 1.82) is 0 Å². The molecule has 1 aliphatic rings. The summed E-state index contributed by atoms with van der Waals surface area (Å²) in [7, 11) is 1.97. The number of hydrogen-bond donors (Lipinski definition) is 1. The van der Waals surface area contributed by atoms with Gasteiger partial charge in [0, 0.05) is 19.5 Å². The molecule has 4 nitrogen and oxygen atoms in total. The summed E-state index contributed by atoms with van der Waals surface area (Å²) in [6.45, 7) is 2.74. The molecule has 2 aromatic carbocycles. The number of likely N-dealkylation sites (tertiary alicyclic amines) is 1. The largest absolute Gasteiger partial charge is 0.483 e. The van der Waals surface area contributed by atoms with E-state index in [0.29, 0.717) is 5.92 Å². The third-order valence-corrected chi connectivity index (χ3v) is 4.93. The minimum Gasteiger partial charge on any atom is -0.483 e. The lowest BCUT2D eigenvalue weighted by molar-refractivity contribution is -0.135. The molecule has 3 rings (SSSR count).